The van der Waals surface area contributed by atoms with Crippen molar-refractivity contribution in [2.75, 3.05) is 18.5 Å². The zero-order valence-corrected chi connectivity index (χ0v) is 20.9. The molecule has 2 aromatic rings. The second kappa shape index (κ2) is 6.97. The average molecular weight is 489 g/mol. The Hall–Kier alpha value is -1.83. The van der Waals surface area contributed by atoms with Gasteiger partial charge in [0.15, 0.2) is 5.82 Å². The van der Waals surface area contributed by atoms with Gasteiger partial charge in [0.05, 0.1) is 24.4 Å². The SMILES string of the molecule is OCC1OC(c2ccnc3c(NCC45CC6CC7CC(C4)C765)ncnc23)C2CC3(CCCCC3)OC12. The molecule has 6 atom stereocenters. The van der Waals surface area contributed by atoms with E-state index in [0.29, 0.717) is 10.8 Å². The van der Waals surface area contributed by atoms with Gasteiger partial charge in [0.25, 0.3) is 0 Å². The number of nitrogens with zero attached hydrogens (tertiary/aromatic N) is 3. The number of fused-ring (bicyclic) bond motifs is 2. The summed E-state index contributed by atoms with van der Waals surface area (Å²) in [5.74, 6) is 4.13. The van der Waals surface area contributed by atoms with Crippen molar-refractivity contribution < 1.29 is 14.6 Å². The molecule has 7 aliphatic rings. The number of hydrogen-bond donors (Lipinski definition) is 2. The van der Waals surface area contributed by atoms with E-state index in [2.05, 4.69) is 16.4 Å². The largest absolute Gasteiger partial charge is 0.394 e. The Morgan fingerprint density at radius 3 is 2.56 bits per heavy atom. The van der Waals surface area contributed by atoms with Gasteiger partial charge < -0.3 is 19.9 Å². The fraction of sp³-hybridized carbons (Fsp3) is 0.759. The Labute approximate surface area is 211 Å². The number of nitrogens with one attached hydrogen (secondary N) is 1. The van der Waals surface area contributed by atoms with Crippen molar-refractivity contribution in [2.45, 2.75) is 88.1 Å². The molecule has 190 valence electrons. The van der Waals surface area contributed by atoms with E-state index < -0.39 is 0 Å². The van der Waals surface area contributed by atoms with Crippen molar-refractivity contribution in [1.82, 2.24) is 15.0 Å². The maximum absolute atomic E-state index is 10.1. The lowest BCUT2D eigenvalue weighted by atomic mass is 9.13. The molecule has 7 nitrogen and oxygen atoms in total. The quantitative estimate of drug-likeness (QED) is 0.644. The highest BCUT2D eigenvalue weighted by Gasteiger charge is 2.87. The fourth-order valence-electron chi connectivity index (χ4n) is 11.0. The molecular weight excluding hydrogens is 452 g/mol. The first-order valence-electron chi connectivity index (χ1n) is 14.4. The van der Waals surface area contributed by atoms with Crippen molar-refractivity contribution in [3.05, 3.63) is 24.2 Å². The van der Waals surface area contributed by atoms with Crippen LogP contribution in [0.5, 0.6) is 0 Å². The third kappa shape index (κ3) is 2.36. The number of aliphatic hydroxyl groups excluding tert-OH is 1. The number of hydrogen-bond acceptors (Lipinski definition) is 7. The van der Waals surface area contributed by atoms with Crippen LogP contribution in [0.15, 0.2) is 18.6 Å². The topological polar surface area (TPSA) is 89.4 Å². The molecule has 2 saturated heterocycles. The van der Waals surface area contributed by atoms with Crippen molar-refractivity contribution in [2.24, 2.45) is 34.5 Å². The molecular formula is C29H36N4O3. The van der Waals surface area contributed by atoms with Gasteiger partial charge in [0.1, 0.15) is 23.5 Å². The molecule has 6 unspecified atom stereocenters. The summed E-state index contributed by atoms with van der Waals surface area (Å²) in [6.07, 6.45) is 15.9. The molecule has 9 rings (SSSR count). The summed E-state index contributed by atoms with van der Waals surface area (Å²) in [4.78, 5) is 14.1. The van der Waals surface area contributed by atoms with E-state index in [1.165, 1.54) is 44.9 Å². The van der Waals surface area contributed by atoms with Crippen LogP contribution >= 0.6 is 0 Å². The summed E-state index contributed by atoms with van der Waals surface area (Å²) in [5, 5.41) is 13.9. The highest BCUT2D eigenvalue weighted by atomic mass is 16.6. The smallest absolute Gasteiger partial charge is 0.156 e. The Morgan fingerprint density at radius 1 is 0.972 bits per heavy atom. The van der Waals surface area contributed by atoms with Gasteiger partial charge in [0.2, 0.25) is 0 Å². The standard InChI is InChI=1S/C29H36N4O3/c34-13-21-25-20(12-28(36-25)5-2-1-3-6-28)24(35-21)19-4-7-30-23-22(19)32-15-33-26(23)31-14-27-10-17-8-16-9-18(11-27)29(16,17)27/h4,7,15-18,20-21,24-25,34H,1-3,5-6,8-14H2,(H,31,32,33). The summed E-state index contributed by atoms with van der Waals surface area (Å²) in [6.45, 7) is 1.01. The predicted octanol–water partition coefficient (Wildman–Crippen LogP) is 4.41. The second-order valence-electron chi connectivity index (χ2n) is 13.3. The molecule has 0 bridgehead atoms. The van der Waals surface area contributed by atoms with E-state index in [1.54, 1.807) is 6.33 Å². The molecule has 4 heterocycles. The number of anilines is 1. The molecule has 36 heavy (non-hydrogen) atoms. The maximum Gasteiger partial charge on any atom is 0.156 e. The first-order valence-corrected chi connectivity index (χ1v) is 14.4. The molecule has 2 aromatic heterocycles. The number of pyridine rings is 1. The number of aliphatic hydroxyl groups is 1. The van der Waals surface area contributed by atoms with Crippen LogP contribution in [0.25, 0.3) is 11.0 Å². The molecule has 5 saturated carbocycles. The molecule has 7 fully saturated rings. The first kappa shape index (κ1) is 21.1. The van der Waals surface area contributed by atoms with Gasteiger partial charge in [-0.15, -0.1) is 0 Å². The maximum atomic E-state index is 10.1. The fourth-order valence-corrected chi connectivity index (χ4v) is 11.0. The van der Waals surface area contributed by atoms with Crippen LogP contribution in [0.1, 0.15) is 75.9 Å². The molecule has 2 aliphatic heterocycles. The van der Waals surface area contributed by atoms with Crippen LogP contribution in [0.3, 0.4) is 0 Å². The lowest BCUT2D eigenvalue weighted by Gasteiger charge is -2.91. The molecule has 2 N–H and O–H groups in total. The molecule has 0 radical (unpaired) electrons. The summed E-state index contributed by atoms with van der Waals surface area (Å²) in [5.41, 5.74) is 3.95. The number of rotatable bonds is 5. The van der Waals surface area contributed by atoms with Crippen molar-refractivity contribution in [3.8, 4) is 0 Å². The molecule has 0 amide bonds. The van der Waals surface area contributed by atoms with Gasteiger partial charge in [0, 0.05) is 24.2 Å². The Kier molecular flexibility index (Phi) is 4.09. The monoisotopic (exact) mass is 488 g/mol. The Morgan fingerprint density at radius 2 is 1.81 bits per heavy atom. The van der Waals surface area contributed by atoms with Gasteiger partial charge in [-0.25, -0.2) is 9.97 Å². The van der Waals surface area contributed by atoms with Crippen molar-refractivity contribution in [1.29, 1.82) is 0 Å². The van der Waals surface area contributed by atoms with Crippen LogP contribution < -0.4 is 5.32 Å². The zero-order valence-electron chi connectivity index (χ0n) is 20.9. The third-order valence-electron chi connectivity index (χ3n) is 12.2. The van der Waals surface area contributed by atoms with E-state index in [0.717, 1.165) is 66.0 Å². The Balaban J connectivity index is 1.02. The molecule has 2 spiro atoms. The molecule has 0 aromatic carbocycles. The van der Waals surface area contributed by atoms with E-state index in [9.17, 15) is 5.11 Å². The predicted molar refractivity (Wildman–Crippen MR) is 133 cm³/mol. The summed E-state index contributed by atoms with van der Waals surface area (Å²) < 4.78 is 13.2. The molecule has 7 heteroatoms. The van der Waals surface area contributed by atoms with Crippen molar-refractivity contribution >= 4 is 16.9 Å². The van der Waals surface area contributed by atoms with Crippen LogP contribution in [0, 0.1) is 34.5 Å². The normalized spacial score (nSPS) is 46.6. The average Bonchev–Trinajstić information content (AvgIpc) is 3.37. The minimum atomic E-state index is -0.279. The highest BCUT2D eigenvalue weighted by molar-refractivity contribution is 5.87. The zero-order chi connectivity index (χ0) is 23.7. The molecule has 5 aliphatic carbocycles. The van der Waals surface area contributed by atoms with Gasteiger partial charge in [-0.1, -0.05) is 19.3 Å². The summed E-state index contributed by atoms with van der Waals surface area (Å²) >= 11 is 0. The first-order chi connectivity index (χ1) is 17.7. The summed E-state index contributed by atoms with van der Waals surface area (Å²) in [6, 6.07) is 2.06. The minimum absolute atomic E-state index is 0.00856. The number of aromatic nitrogens is 3. The lowest BCUT2D eigenvalue weighted by Crippen LogP contribution is -2.86. The second-order valence-corrected chi connectivity index (χ2v) is 13.3. The van der Waals surface area contributed by atoms with E-state index in [1.807, 2.05) is 6.20 Å². The van der Waals surface area contributed by atoms with Crippen LogP contribution in [0.4, 0.5) is 5.82 Å². The van der Waals surface area contributed by atoms with Crippen LogP contribution in [-0.4, -0.2) is 51.0 Å². The van der Waals surface area contributed by atoms with Gasteiger partial charge in [-0.3, -0.25) is 4.98 Å². The van der Waals surface area contributed by atoms with Crippen molar-refractivity contribution in [3.63, 3.8) is 0 Å². The van der Waals surface area contributed by atoms with Gasteiger partial charge >= 0.3 is 0 Å². The highest BCUT2D eigenvalue weighted by Crippen LogP contribution is 2.92. The van der Waals surface area contributed by atoms with E-state index >= 15 is 0 Å². The van der Waals surface area contributed by atoms with Gasteiger partial charge in [-0.2, -0.15) is 0 Å². The Bertz CT molecular complexity index is 1220. The number of ether oxygens (including phenoxy) is 2. The third-order valence-corrected chi connectivity index (χ3v) is 12.2. The summed E-state index contributed by atoms with van der Waals surface area (Å²) in [7, 11) is 0. The van der Waals surface area contributed by atoms with Gasteiger partial charge in [-0.05, 0) is 79.6 Å². The van der Waals surface area contributed by atoms with E-state index in [4.69, 9.17) is 19.4 Å². The van der Waals surface area contributed by atoms with Crippen LogP contribution in [0.2, 0.25) is 0 Å². The van der Waals surface area contributed by atoms with Crippen LogP contribution in [-0.2, 0) is 9.47 Å². The van der Waals surface area contributed by atoms with E-state index in [-0.39, 0.29) is 36.4 Å². The minimum Gasteiger partial charge on any atom is -0.394 e. The lowest BCUT2D eigenvalue weighted by molar-refractivity contribution is -0.426.